The van der Waals surface area contributed by atoms with Crippen molar-refractivity contribution in [3.63, 3.8) is 0 Å². The number of hydrogen-bond acceptors (Lipinski definition) is 3. The summed E-state index contributed by atoms with van der Waals surface area (Å²) in [6, 6.07) is 1.14. The number of nitrogens with one attached hydrogen (secondary N) is 1. The topological polar surface area (TPSA) is 32.3 Å². The van der Waals surface area contributed by atoms with Gasteiger partial charge in [0.25, 0.3) is 0 Å². The first-order valence-corrected chi connectivity index (χ1v) is 5.50. The monoisotopic (exact) mass is 198 g/mol. The second-order valence-corrected chi connectivity index (χ2v) is 4.83. The first-order valence-electron chi connectivity index (χ1n) is 5.50. The fraction of sp³-hybridized carbons (Fsp3) is 0.909. The fourth-order valence-electron chi connectivity index (χ4n) is 1.68. The summed E-state index contributed by atoms with van der Waals surface area (Å²) < 4.78 is 0. The third kappa shape index (κ3) is 3.39. The van der Waals surface area contributed by atoms with Crippen molar-refractivity contribution in [1.29, 1.82) is 0 Å². The maximum absolute atomic E-state index is 11.4. The van der Waals surface area contributed by atoms with Gasteiger partial charge in [-0.2, -0.15) is 0 Å². The summed E-state index contributed by atoms with van der Waals surface area (Å²) in [4.78, 5) is 13.6. The zero-order valence-corrected chi connectivity index (χ0v) is 9.71. The van der Waals surface area contributed by atoms with Crippen LogP contribution in [0.3, 0.4) is 0 Å². The SMILES string of the molecule is CC(C)NC1CN(CC(=O)C(C)C)C1. The number of carbonyl (C=O) groups is 1. The largest absolute Gasteiger partial charge is 0.309 e. The van der Waals surface area contributed by atoms with Crippen molar-refractivity contribution in [3.8, 4) is 0 Å². The lowest BCUT2D eigenvalue weighted by atomic mass is 10.0. The van der Waals surface area contributed by atoms with Crippen molar-refractivity contribution in [3.05, 3.63) is 0 Å². The van der Waals surface area contributed by atoms with Crippen molar-refractivity contribution in [2.45, 2.75) is 39.8 Å². The van der Waals surface area contributed by atoms with Crippen molar-refractivity contribution in [1.82, 2.24) is 10.2 Å². The molecule has 82 valence electrons. The van der Waals surface area contributed by atoms with Gasteiger partial charge in [0.2, 0.25) is 0 Å². The Bertz CT molecular complexity index is 195. The standard InChI is InChI=1S/C11H22N2O/c1-8(2)11(14)7-13-5-10(6-13)12-9(3)4/h8-10,12H,5-7H2,1-4H3. The van der Waals surface area contributed by atoms with Crippen LogP contribution < -0.4 is 5.32 Å². The van der Waals surface area contributed by atoms with Crippen LogP contribution in [0.1, 0.15) is 27.7 Å². The van der Waals surface area contributed by atoms with Crippen LogP contribution in [-0.4, -0.2) is 42.4 Å². The predicted octanol–water partition coefficient (Wildman–Crippen LogP) is 0.894. The fourth-order valence-corrected chi connectivity index (χ4v) is 1.68. The highest BCUT2D eigenvalue weighted by Crippen LogP contribution is 2.09. The molecule has 1 rings (SSSR count). The van der Waals surface area contributed by atoms with E-state index in [2.05, 4.69) is 24.1 Å². The molecule has 3 nitrogen and oxygen atoms in total. The summed E-state index contributed by atoms with van der Waals surface area (Å²) in [5.74, 6) is 0.528. The van der Waals surface area contributed by atoms with E-state index in [1.807, 2.05) is 13.8 Å². The molecule has 1 saturated heterocycles. The summed E-state index contributed by atoms with van der Waals surface area (Å²) in [6.45, 7) is 10.9. The van der Waals surface area contributed by atoms with E-state index in [0.29, 0.717) is 24.4 Å². The Labute approximate surface area is 86.9 Å². The van der Waals surface area contributed by atoms with Gasteiger partial charge >= 0.3 is 0 Å². The second kappa shape index (κ2) is 4.89. The Morgan fingerprint density at radius 3 is 2.36 bits per heavy atom. The van der Waals surface area contributed by atoms with Gasteiger partial charge in [0.15, 0.2) is 0 Å². The Morgan fingerprint density at radius 1 is 1.36 bits per heavy atom. The van der Waals surface area contributed by atoms with E-state index < -0.39 is 0 Å². The number of ketones is 1. The van der Waals surface area contributed by atoms with Crippen LogP contribution in [0.15, 0.2) is 0 Å². The molecule has 1 aliphatic rings. The lowest BCUT2D eigenvalue weighted by Crippen LogP contribution is -2.60. The molecule has 1 aliphatic heterocycles. The van der Waals surface area contributed by atoms with Crippen LogP contribution in [0, 0.1) is 5.92 Å². The van der Waals surface area contributed by atoms with Gasteiger partial charge in [-0.15, -0.1) is 0 Å². The molecular formula is C11H22N2O. The van der Waals surface area contributed by atoms with Gasteiger partial charge in [-0.25, -0.2) is 0 Å². The van der Waals surface area contributed by atoms with E-state index in [0.717, 1.165) is 13.1 Å². The molecule has 14 heavy (non-hydrogen) atoms. The van der Waals surface area contributed by atoms with Crippen LogP contribution in [0.25, 0.3) is 0 Å². The highest BCUT2D eigenvalue weighted by Gasteiger charge is 2.28. The number of nitrogens with zero attached hydrogens (tertiary/aromatic N) is 1. The van der Waals surface area contributed by atoms with Gasteiger partial charge in [0.05, 0.1) is 6.54 Å². The summed E-state index contributed by atoms with van der Waals surface area (Å²) in [5.41, 5.74) is 0. The molecule has 0 aromatic rings. The van der Waals surface area contributed by atoms with Gasteiger partial charge in [0.1, 0.15) is 5.78 Å². The zero-order chi connectivity index (χ0) is 10.7. The minimum absolute atomic E-state index is 0.173. The van der Waals surface area contributed by atoms with Crippen LogP contribution in [0.5, 0.6) is 0 Å². The van der Waals surface area contributed by atoms with Crippen molar-refractivity contribution in [2.24, 2.45) is 5.92 Å². The maximum atomic E-state index is 11.4. The van der Waals surface area contributed by atoms with Crippen LogP contribution in [-0.2, 0) is 4.79 Å². The number of Topliss-reactive ketones (excluding diaryl/α,β-unsaturated/α-hetero) is 1. The number of rotatable bonds is 5. The molecule has 0 aromatic heterocycles. The average Bonchev–Trinajstić information content (AvgIpc) is 1.99. The molecule has 1 fully saturated rings. The zero-order valence-electron chi connectivity index (χ0n) is 9.71. The van der Waals surface area contributed by atoms with Gasteiger partial charge in [-0.1, -0.05) is 27.7 Å². The van der Waals surface area contributed by atoms with E-state index in [4.69, 9.17) is 0 Å². The number of likely N-dealkylation sites (tertiary alicyclic amines) is 1. The Kier molecular flexibility index (Phi) is 4.08. The molecule has 1 N–H and O–H groups in total. The number of hydrogen-bond donors (Lipinski definition) is 1. The highest BCUT2D eigenvalue weighted by atomic mass is 16.1. The van der Waals surface area contributed by atoms with Gasteiger partial charge < -0.3 is 5.32 Å². The van der Waals surface area contributed by atoms with Crippen LogP contribution in [0.4, 0.5) is 0 Å². The molecule has 0 amide bonds. The summed E-state index contributed by atoms with van der Waals surface area (Å²) >= 11 is 0. The Balaban J connectivity index is 2.13. The van der Waals surface area contributed by atoms with Crippen molar-refractivity contribution in [2.75, 3.05) is 19.6 Å². The summed E-state index contributed by atoms with van der Waals surface area (Å²) in [7, 11) is 0. The smallest absolute Gasteiger partial charge is 0.149 e. The number of carbonyl (C=O) groups excluding carboxylic acids is 1. The van der Waals surface area contributed by atoms with Crippen LogP contribution >= 0.6 is 0 Å². The van der Waals surface area contributed by atoms with Crippen molar-refractivity contribution < 1.29 is 4.79 Å². The van der Waals surface area contributed by atoms with E-state index in [9.17, 15) is 4.79 Å². The normalized spacial score (nSPS) is 19.0. The van der Waals surface area contributed by atoms with Crippen LogP contribution in [0.2, 0.25) is 0 Å². The molecule has 0 radical (unpaired) electrons. The van der Waals surface area contributed by atoms with Gasteiger partial charge in [0, 0.05) is 31.1 Å². The highest BCUT2D eigenvalue weighted by molar-refractivity contribution is 5.82. The minimum Gasteiger partial charge on any atom is -0.309 e. The Morgan fingerprint density at radius 2 is 1.93 bits per heavy atom. The molecule has 1 heterocycles. The van der Waals surface area contributed by atoms with E-state index >= 15 is 0 Å². The summed E-state index contributed by atoms with van der Waals surface area (Å²) in [5, 5.41) is 3.46. The average molecular weight is 198 g/mol. The van der Waals surface area contributed by atoms with Gasteiger partial charge in [-0.05, 0) is 0 Å². The first-order chi connectivity index (χ1) is 6.49. The molecule has 0 unspecified atom stereocenters. The lowest BCUT2D eigenvalue weighted by molar-refractivity contribution is -0.124. The summed E-state index contributed by atoms with van der Waals surface area (Å²) in [6.07, 6.45) is 0. The lowest BCUT2D eigenvalue weighted by Gasteiger charge is -2.40. The van der Waals surface area contributed by atoms with E-state index in [-0.39, 0.29) is 5.92 Å². The quantitative estimate of drug-likeness (QED) is 0.712. The minimum atomic E-state index is 0.173. The molecule has 0 spiro atoms. The second-order valence-electron chi connectivity index (χ2n) is 4.83. The molecule has 0 bridgehead atoms. The third-order valence-corrected chi connectivity index (χ3v) is 2.55. The third-order valence-electron chi connectivity index (χ3n) is 2.55. The molecule has 0 saturated carbocycles. The molecule has 0 aromatic carbocycles. The predicted molar refractivity (Wildman–Crippen MR) is 58.3 cm³/mol. The van der Waals surface area contributed by atoms with E-state index in [1.165, 1.54) is 0 Å². The maximum Gasteiger partial charge on any atom is 0.149 e. The molecule has 3 heteroatoms. The molecule has 0 atom stereocenters. The van der Waals surface area contributed by atoms with E-state index in [1.54, 1.807) is 0 Å². The molecular weight excluding hydrogens is 176 g/mol. The Hall–Kier alpha value is -0.410. The van der Waals surface area contributed by atoms with Crippen molar-refractivity contribution >= 4 is 5.78 Å². The first kappa shape index (κ1) is 11.7. The van der Waals surface area contributed by atoms with Gasteiger partial charge in [-0.3, -0.25) is 9.69 Å². The molecule has 0 aliphatic carbocycles.